The second kappa shape index (κ2) is 10.9. The summed E-state index contributed by atoms with van der Waals surface area (Å²) in [5, 5.41) is 12.0. The molecule has 10 nitrogen and oxygen atoms in total. The number of amides is 2. The molecule has 0 aliphatic rings. The zero-order valence-corrected chi connectivity index (χ0v) is 21.5. The average Bonchev–Trinajstić information content (AvgIpc) is 3.53. The van der Waals surface area contributed by atoms with Crippen molar-refractivity contribution in [2.24, 2.45) is 21.7 Å². The lowest BCUT2D eigenvalue weighted by molar-refractivity contribution is 0.0942. The maximum atomic E-state index is 12.5. The van der Waals surface area contributed by atoms with Crippen LogP contribution < -0.4 is 22.1 Å². The lowest BCUT2D eigenvalue weighted by Crippen LogP contribution is -2.38. The van der Waals surface area contributed by atoms with Gasteiger partial charge in [-0.1, -0.05) is 35.4 Å². The third kappa shape index (κ3) is 5.98. The predicted octanol–water partition coefficient (Wildman–Crippen LogP) is 4.14. The van der Waals surface area contributed by atoms with Crippen molar-refractivity contribution in [2.75, 3.05) is 0 Å². The third-order valence-electron chi connectivity index (χ3n) is 5.64. The fraction of sp³-hybridized carbons (Fsp3) is 0.143. The first-order chi connectivity index (χ1) is 18.1. The normalized spacial score (nSPS) is 11.9. The highest BCUT2D eigenvalue weighted by Gasteiger charge is 2.16. The maximum Gasteiger partial charge on any atom is 0.293 e. The largest absolute Gasteiger partial charge is 0.451 e. The molecule has 2 amide bonds. The number of benzene rings is 2. The van der Waals surface area contributed by atoms with Gasteiger partial charge in [-0.2, -0.15) is 0 Å². The predicted molar refractivity (Wildman–Crippen MR) is 145 cm³/mol. The van der Waals surface area contributed by atoms with E-state index in [2.05, 4.69) is 20.8 Å². The van der Waals surface area contributed by atoms with Crippen LogP contribution >= 0.6 is 0 Å². The number of rotatable bonds is 5. The van der Waals surface area contributed by atoms with Gasteiger partial charge in [0.05, 0.1) is 0 Å². The molecule has 6 N–H and O–H groups in total. The lowest BCUT2D eigenvalue weighted by Gasteiger charge is -2.06. The Bertz CT molecular complexity index is 1540. The van der Waals surface area contributed by atoms with Crippen LogP contribution in [-0.4, -0.2) is 23.7 Å². The number of hydrogen-bond donors (Lipinski definition) is 4. The molecule has 0 aliphatic heterocycles. The number of aryl methyl sites for hydroxylation is 4. The molecule has 0 radical (unpaired) electrons. The Hall–Kier alpha value is -5.12. The van der Waals surface area contributed by atoms with Crippen LogP contribution in [0, 0.1) is 27.7 Å². The van der Waals surface area contributed by atoms with Crippen LogP contribution in [0.1, 0.15) is 43.4 Å². The van der Waals surface area contributed by atoms with Crippen LogP contribution in [0.2, 0.25) is 0 Å². The Morgan fingerprint density at radius 1 is 0.684 bits per heavy atom. The van der Waals surface area contributed by atoms with E-state index in [9.17, 15) is 9.59 Å². The van der Waals surface area contributed by atoms with Crippen molar-refractivity contribution in [3.63, 3.8) is 0 Å². The van der Waals surface area contributed by atoms with E-state index in [0.29, 0.717) is 11.5 Å². The molecule has 0 spiro atoms. The highest BCUT2D eigenvalue weighted by atomic mass is 16.4. The average molecular weight is 513 g/mol. The first-order valence-electron chi connectivity index (χ1n) is 11.7. The number of carbonyl (C=O) groups excluding carboxylic acids is 2. The van der Waals surface area contributed by atoms with Crippen LogP contribution in [0.3, 0.4) is 0 Å². The van der Waals surface area contributed by atoms with E-state index in [1.54, 1.807) is 12.1 Å². The van der Waals surface area contributed by atoms with E-state index >= 15 is 0 Å². The van der Waals surface area contributed by atoms with Crippen molar-refractivity contribution >= 4 is 23.7 Å². The maximum absolute atomic E-state index is 12.5. The van der Waals surface area contributed by atoms with Crippen molar-refractivity contribution in [3.05, 3.63) is 94.4 Å². The zero-order valence-electron chi connectivity index (χ0n) is 21.5. The van der Waals surface area contributed by atoms with Gasteiger partial charge < -0.3 is 20.3 Å². The van der Waals surface area contributed by atoms with Crippen molar-refractivity contribution < 1.29 is 18.4 Å². The molecule has 0 fully saturated rings. The van der Waals surface area contributed by atoms with Crippen molar-refractivity contribution in [1.82, 2.24) is 10.6 Å². The van der Waals surface area contributed by atoms with Crippen molar-refractivity contribution in [1.29, 1.82) is 0 Å². The Labute approximate surface area is 219 Å². The lowest BCUT2D eigenvalue weighted by atomic mass is 10.0. The molecular formula is C28H28N6O4. The van der Waals surface area contributed by atoms with E-state index in [-0.39, 0.29) is 23.4 Å². The van der Waals surface area contributed by atoms with Crippen LogP contribution in [0.4, 0.5) is 0 Å². The molecule has 0 saturated heterocycles. The topological polar surface area (TPSA) is 161 Å². The molecule has 194 valence electrons. The van der Waals surface area contributed by atoms with Gasteiger partial charge in [0.15, 0.2) is 11.5 Å². The minimum Gasteiger partial charge on any atom is -0.451 e. The van der Waals surface area contributed by atoms with Crippen molar-refractivity contribution in [3.8, 4) is 22.6 Å². The molecule has 2 aromatic heterocycles. The summed E-state index contributed by atoms with van der Waals surface area (Å²) in [7, 11) is 0. The molecule has 2 heterocycles. The molecule has 4 rings (SSSR count). The summed E-state index contributed by atoms with van der Waals surface area (Å²) in [6, 6.07) is 18.3. The first kappa shape index (κ1) is 26.0. The summed E-state index contributed by atoms with van der Waals surface area (Å²) >= 11 is 0. The SMILES string of the molecule is Cc1cc(C)cc(-c2ccc(C(=O)NC(N)=NN=C(N)NC(=O)c3ccc(-c4c(C)cccc4C)o3)o2)c1. The van der Waals surface area contributed by atoms with Gasteiger partial charge in [0.1, 0.15) is 11.5 Å². The minimum absolute atomic E-state index is 0.0417. The molecule has 0 bridgehead atoms. The third-order valence-corrected chi connectivity index (χ3v) is 5.64. The molecule has 10 heteroatoms. The summed E-state index contributed by atoms with van der Waals surface area (Å²) < 4.78 is 11.4. The molecule has 0 atom stereocenters. The smallest absolute Gasteiger partial charge is 0.293 e. The summed E-state index contributed by atoms with van der Waals surface area (Å²) in [4.78, 5) is 25.0. The molecule has 4 aromatic rings. The number of furan rings is 2. The van der Waals surface area contributed by atoms with E-state index in [4.69, 9.17) is 20.3 Å². The Morgan fingerprint density at radius 3 is 1.68 bits per heavy atom. The van der Waals surface area contributed by atoms with E-state index in [1.807, 2.05) is 64.1 Å². The summed E-state index contributed by atoms with van der Waals surface area (Å²) in [5.41, 5.74) is 17.5. The Morgan fingerprint density at radius 2 is 1.16 bits per heavy atom. The number of nitrogens with one attached hydrogen (secondary N) is 2. The summed E-state index contributed by atoms with van der Waals surface area (Å²) in [6.07, 6.45) is 0. The van der Waals surface area contributed by atoms with Crippen LogP contribution in [0.5, 0.6) is 0 Å². The van der Waals surface area contributed by atoms with Crippen molar-refractivity contribution in [2.45, 2.75) is 27.7 Å². The molecular weight excluding hydrogens is 484 g/mol. The van der Waals surface area contributed by atoms with E-state index in [0.717, 1.165) is 33.4 Å². The monoisotopic (exact) mass is 512 g/mol. The summed E-state index contributed by atoms with van der Waals surface area (Å²) in [5.74, 6) is -0.723. The summed E-state index contributed by atoms with van der Waals surface area (Å²) in [6.45, 7) is 7.90. The zero-order chi connectivity index (χ0) is 27.4. The molecule has 0 aliphatic carbocycles. The highest BCUT2D eigenvalue weighted by Crippen LogP contribution is 2.29. The molecule has 0 saturated carbocycles. The van der Waals surface area contributed by atoms with Gasteiger partial charge in [-0.05, 0) is 75.2 Å². The Balaban J connectivity index is 1.37. The van der Waals surface area contributed by atoms with Crippen LogP contribution in [-0.2, 0) is 0 Å². The van der Waals surface area contributed by atoms with Crippen LogP contribution in [0.15, 0.2) is 79.7 Å². The highest BCUT2D eigenvalue weighted by molar-refractivity contribution is 6.05. The van der Waals surface area contributed by atoms with Gasteiger partial charge >= 0.3 is 0 Å². The number of nitrogens with zero attached hydrogens (tertiary/aromatic N) is 2. The molecule has 2 aromatic carbocycles. The number of nitrogens with two attached hydrogens (primary N) is 2. The number of carbonyl (C=O) groups is 2. The van der Waals surface area contributed by atoms with Gasteiger partial charge in [-0.25, -0.2) is 0 Å². The van der Waals surface area contributed by atoms with Gasteiger partial charge in [-0.3, -0.25) is 20.2 Å². The number of guanidine groups is 2. The fourth-order valence-electron chi connectivity index (χ4n) is 4.04. The first-order valence-corrected chi connectivity index (χ1v) is 11.7. The molecule has 0 unspecified atom stereocenters. The quantitative estimate of drug-likeness (QED) is 0.178. The van der Waals surface area contributed by atoms with Gasteiger partial charge in [-0.15, -0.1) is 10.2 Å². The minimum atomic E-state index is -0.616. The van der Waals surface area contributed by atoms with Gasteiger partial charge in [0, 0.05) is 11.1 Å². The fourth-order valence-corrected chi connectivity index (χ4v) is 4.04. The van der Waals surface area contributed by atoms with Gasteiger partial charge in [0.25, 0.3) is 11.8 Å². The van der Waals surface area contributed by atoms with Gasteiger partial charge in [0.2, 0.25) is 11.9 Å². The second-order valence-corrected chi connectivity index (χ2v) is 8.85. The van der Waals surface area contributed by atoms with E-state index in [1.165, 1.54) is 12.1 Å². The van der Waals surface area contributed by atoms with Crippen LogP contribution in [0.25, 0.3) is 22.6 Å². The number of hydrogen-bond acceptors (Lipinski definition) is 6. The molecule has 38 heavy (non-hydrogen) atoms. The Kier molecular flexibility index (Phi) is 7.43. The second-order valence-electron chi connectivity index (χ2n) is 8.85. The van der Waals surface area contributed by atoms with E-state index < -0.39 is 11.8 Å². The standard InChI is InChI=1S/C28H28N6O4/c1-15-12-16(2)14-19(13-15)20-8-10-22(37-20)25(35)31-27(29)33-34-28(30)32-26(36)23-11-9-21(38-23)24-17(3)6-5-7-18(24)4/h5-14H,1-4H3,(H3,29,31,33,35)(H3,30,32,34,36).